The first-order valence-corrected chi connectivity index (χ1v) is 6.55. The van der Waals surface area contributed by atoms with Gasteiger partial charge in [-0.15, -0.1) is 0 Å². The van der Waals surface area contributed by atoms with E-state index in [-0.39, 0.29) is 11.8 Å². The number of piperidine rings is 1. The number of carbonyl (C=O) groups excluding carboxylic acids is 2. The average molecular weight is 256 g/mol. The minimum absolute atomic E-state index is 0.00274. The van der Waals surface area contributed by atoms with Crippen molar-refractivity contribution in [2.24, 2.45) is 5.41 Å². The second-order valence-electron chi connectivity index (χ2n) is 5.89. The van der Waals surface area contributed by atoms with Gasteiger partial charge in [-0.1, -0.05) is 20.8 Å². The van der Waals surface area contributed by atoms with Crippen LogP contribution in [0.5, 0.6) is 0 Å². The minimum Gasteiger partial charge on any atom is -0.391 e. The summed E-state index contributed by atoms with van der Waals surface area (Å²) in [6.45, 7) is 7.01. The van der Waals surface area contributed by atoms with Gasteiger partial charge in [-0.3, -0.25) is 9.59 Å². The van der Waals surface area contributed by atoms with E-state index in [0.29, 0.717) is 26.1 Å². The average Bonchev–Trinajstić information content (AvgIpc) is 2.27. The van der Waals surface area contributed by atoms with Crippen LogP contribution in [0.3, 0.4) is 0 Å². The van der Waals surface area contributed by atoms with Crippen LogP contribution in [0.2, 0.25) is 0 Å². The standard InChI is InChI=1S/C13H24N2O3/c1-13(2,3)12(18)14-7-6-11(17)15-8-4-5-10(16)9-15/h10,16H,4-9H2,1-3H3,(H,14,18)/t10-/m0/s1. The van der Waals surface area contributed by atoms with Crippen molar-refractivity contribution in [3.63, 3.8) is 0 Å². The van der Waals surface area contributed by atoms with Crippen molar-refractivity contribution in [2.75, 3.05) is 19.6 Å². The van der Waals surface area contributed by atoms with Crippen LogP contribution in [-0.2, 0) is 9.59 Å². The molecule has 0 unspecified atom stereocenters. The van der Waals surface area contributed by atoms with Crippen LogP contribution in [-0.4, -0.2) is 47.6 Å². The number of nitrogens with one attached hydrogen (secondary N) is 1. The summed E-state index contributed by atoms with van der Waals surface area (Å²) in [6, 6.07) is 0. The van der Waals surface area contributed by atoms with Crippen LogP contribution in [0, 0.1) is 5.41 Å². The number of amides is 2. The van der Waals surface area contributed by atoms with E-state index in [1.807, 2.05) is 20.8 Å². The first-order chi connectivity index (χ1) is 8.30. The zero-order chi connectivity index (χ0) is 13.8. The van der Waals surface area contributed by atoms with E-state index < -0.39 is 11.5 Å². The number of β-amino-alcohol motifs (C(OH)–C–C–N with tert-alkyl or cyclic N) is 1. The Morgan fingerprint density at radius 1 is 1.39 bits per heavy atom. The monoisotopic (exact) mass is 256 g/mol. The van der Waals surface area contributed by atoms with Gasteiger partial charge in [0, 0.05) is 31.5 Å². The van der Waals surface area contributed by atoms with Crippen LogP contribution in [0.1, 0.15) is 40.0 Å². The molecule has 5 nitrogen and oxygen atoms in total. The SMILES string of the molecule is CC(C)(C)C(=O)NCCC(=O)N1CCC[C@H](O)C1. The fourth-order valence-corrected chi connectivity index (χ4v) is 1.89. The Kier molecular flexibility index (Phi) is 5.14. The number of carbonyl (C=O) groups is 2. The summed E-state index contributed by atoms with van der Waals surface area (Å²) in [5, 5.41) is 12.2. The van der Waals surface area contributed by atoms with Gasteiger partial charge in [0.25, 0.3) is 0 Å². The number of rotatable bonds is 3. The first-order valence-electron chi connectivity index (χ1n) is 6.55. The van der Waals surface area contributed by atoms with Crippen molar-refractivity contribution in [2.45, 2.75) is 46.1 Å². The summed E-state index contributed by atoms with van der Waals surface area (Å²) < 4.78 is 0. The molecule has 2 N–H and O–H groups in total. The largest absolute Gasteiger partial charge is 0.391 e. The Labute approximate surface area is 109 Å². The lowest BCUT2D eigenvalue weighted by Gasteiger charge is -2.30. The molecule has 1 heterocycles. The van der Waals surface area contributed by atoms with Gasteiger partial charge in [0.15, 0.2) is 0 Å². The number of aliphatic hydroxyl groups excluding tert-OH is 1. The van der Waals surface area contributed by atoms with E-state index in [1.54, 1.807) is 4.90 Å². The van der Waals surface area contributed by atoms with Gasteiger partial charge in [-0.2, -0.15) is 0 Å². The van der Waals surface area contributed by atoms with Crippen molar-refractivity contribution in [1.82, 2.24) is 10.2 Å². The Bertz CT molecular complexity index is 310. The molecule has 1 saturated heterocycles. The third kappa shape index (κ3) is 4.64. The molecule has 2 amide bonds. The van der Waals surface area contributed by atoms with E-state index >= 15 is 0 Å². The highest BCUT2D eigenvalue weighted by atomic mass is 16.3. The maximum absolute atomic E-state index is 11.8. The molecule has 0 aromatic carbocycles. The van der Waals surface area contributed by atoms with Gasteiger partial charge in [0.2, 0.25) is 11.8 Å². The summed E-state index contributed by atoms with van der Waals surface area (Å²) in [7, 11) is 0. The minimum atomic E-state index is -0.426. The maximum atomic E-state index is 11.8. The molecule has 1 aliphatic heterocycles. The van der Waals surface area contributed by atoms with E-state index in [4.69, 9.17) is 0 Å². The Morgan fingerprint density at radius 3 is 2.61 bits per heavy atom. The second kappa shape index (κ2) is 6.18. The van der Waals surface area contributed by atoms with E-state index in [1.165, 1.54) is 0 Å². The number of hydrogen-bond donors (Lipinski definition) is 2. The molecule has 0 bridgehead atoms. The lowest BCUT2D eigenvalue weighted by atomic mass is 9.96. The predicted molar refractivity (Wildman–Crippen MR) is 68.9 cm³/mol. The zero-order valence-electron chi connectivity index (χ0n) is 11.5. The summed E-state index contributed by atoms with van der Waals surface area (Å²) in [6.07, 6.45) is 1.52. The lowest BCUT2D eigenvalue weighted by molar-refractivity contribution is -0.134. The van der Waals surface area contributed by atoms with Crippen molar-refractivity contribution in [1.29, 1.82) is 0 Å². The summed E-state index contributed by atoms with van der Waals surface area (Å²) >= 11 is 0. The molecule has 1 fully saturated rings. The summed E-state index contributed by atoms with van der Waals surface area (Å²) in [5.41, 5.74) is -0.426. The van der Waals surface area contributed by atoms with E-state index in [9.17, 15) is 14.7 Å². The van der Waals surface area contributed by atoms with Gasteiger partial charge in [0.05, 0.1) is 6.10 Å². The number of aliphatic hydroxyl groups is 1. The number of likely N-dealkylation sites (tertiary alicyclic amines) is 1. The van der Waals surface area contributed by atoms with Crippen molar-refractivity contribution in [3.8, 4) is 0 Å². The smallest absolute Gasteiger partial charge is 0.225 e. The molecule has 0 aliphatic carbocycles. The topological polar surface area (TPSA) is 69.6 Å². The van der Waals surface area contributed by atoms with Gasteiger partial charge in [0.1, 0.15) is 0 Å². The summed E-state index contributed by atoms with van der Waals surface area (Å²) in [5.74, 6) is -0.0445. The lowest BCUT2D eigenvalue weighted by Crippen LogP contribution is -2.43. The van der Waals surface area contributed by atoms with Crippen molar-refractivity contribution < 1.29 is 14.7 Å². The van der Waals surface area contributed by atoms with Crippen molar-refractivity contribution >= 4 is 11.8 Å². The van der Waals surface area contributed by atoms with Crippen LogP contribution < -0.4 is 5.32 Å². The molecule has 0 spiro atoms. The predicted octanol–water partition coefficient (Wildman–Crippen LogP) is 0.522. The molecule has 0 saturated carbocycles. The normalized spacial score (nSPS) is 20.7. The number of nitrogens with zero attached hydrogens (tertiary/aromatic N) is 1. The third-order valence-corrected chi connectivity index (χ3v) is 3.05. The molecule has 5 heteroatoms. The van der Waals surface area contributed by atoms with Gasteiger partial charge in [-0.05, 0) is 12.8 Å². The quantitative estimate of drug-likeness (QED) is 0.773. The highest BCUT2D eigenvalue weighted by molar-refractivity contribution is 5.82. The molecule has 1 rings (SSSR count). The van der Waals surface area contributed by atoms with E-state index in [0.717, 1.165) is 12.8 Å². The Morgan fingerprint density at radius 2 is 2.06 bits per heavy atom. The second-order valence-corrected chi connectivity index (χ2v) is 5.89. The molecule has 0 aromatic heterocycles. The zero-order valence-corrected chi connectivity index (χ0v) is 11.5. The molecule has 18 heavy (non-hydrogen) atoms. The first kappa shape index (κ1) is 15.0. The molecule has 1 aliphatic rings. The molecule has 104 valence electrons. The molecule has 0 radical (unpaired) electrons. The highest BCUT2D eigenvalue weighted by Crippen LogP contribution is 2.13. The van der Waals surface area contributed by atoms with Crippen LogP contribution in [0.25, 0.3) is 0 Å². The highest BCUT2D eigenvalue weighted by Gasteiger charge is 2.23. The fraction of sp³-hybridized carbons (Fsp3) is 0.846. The van der Waals surface area contributed by atoms with E-state index in [2.05, 4.69) is 5.32 Å². The van der Waals surface area contributed by atoms with Crippen LogP contribution >= 0.6 is 0 Å². The maximum Gasteiger partial charge on any atom is 0.225 e. The van der Waals surface area contributed by atoms with Crippen molar-refractivity contribution in [3.05, 3.63) is 0 Å². The summed E-state index contributed by atoms with van der Waals surface area (Å²) in [4.78, 5) is 25.1. The Balaban J connectivity index is 2.27. The molecular weight excluding hydrogens is 232 g/mol. The third-order valence-electron chi connectivity index (χ3n) is 3.05. The molecule has 1 atom stereocenters. The van der Waals surface area contributed by atoms with Crippen LogP contribution in [0.4, 0.5) is 0 Å². The number of hydrogen-bond acceptors (Lipinski definition) is 3. The van der Waals surface area contributed by atoms with Gasteiger partial charge < -0.3 is 15.3 Å². The van der Waals surface area contributed by atoms with Gasteiger partial charge >= 0.3 is 0 Å². The molecule has 0 aromatic rings. The Hall–Kier alpha value is -1.10. The van der Waals surface area contributed by atoms with Crippen LogP contribution in [0.15, 0.2) is 0 Å². The fourth-order valence-electron chi connectivity index (χ4n) is 1.89. The molecular formula is C13H24N2O3. The van der Waals surface area contributed by atoms with Gasteiger partial charge in [-0.25, -0.2) is 0 Å².